The fourth-order valence-corrected chi connectivity index (χ4v) is 1.85. The molecule has 1 amide bonds. The van der Waals surface area contributed by atoms with Crippen molar-refractivity contribution in [3.63, 3.8) is 0 Å². The average Bonchev–Trinajstić information content (AvgIpc) is 2.35. The van der Waals surface area contributed by atoms with Gasteiger partial charge in [-0.2, -0.15) is 0 Å². The second-order valence-corrected chi connectivity index (χ2v) is 6.69. The molecule has 0 aromatic heterocycles. The largest absolute Gasteiger partial charge is 0.349 e. The van der Waals surface area contributed by atoms with Crippen LogP contribution in [0.5, 0.6) is 0 Å². The first-order chi connectivity index (χ1) is 9.09. The maximum absolute atomic E-state index is 12.5. The van der Waals surface area contributed by atoms with Gasteiger partial charge in [0.1, 0.15) is 0 Å². The zero-order valence-electron chi connectivity index (χ0n) is 13.6. The normalized spacial score (nSPS) is 13.9. The minimum Gasteiger partial charge on any atom is -0.349 e. The highest BCUT2D eigenvalue weighted by molar-refractivity contribution is 5.83. The predicted octanol–water partition coefficient (Wildman–Crippen LogP) is 3.33. The van der Waals surface area contributed by atoms with Crippen LogP contribution in [0, 0.1) is 12.3 Å². The third kappa shape index (κ3) is 3.60. The molecule has 0 fully saturated rings. The molecule has 3 heteroatoms. The van der Waals surface area contributed by atoms with Crippen LogP contribution in [0.4, 0.5) is 0 Å². The van der Waals surface area contributed by atoms with Crippen LogP contribution in [-0.4, -0.2) is 11.4 Å². The number of amides is 1. The molecule has 0 aliphatic heterocycles. The highest BCUT2D eigenvalue weighted by atomic mass is 16.2. The Hall–Kier alpha value is -1.35. The Balaban J connectivity index is 2.89. The lowest BCUT2D eigenvalue weighted by Crippen LogP contribution is -2.55. The number of benzene rings is 1. The summed E-state index contributed by atoms with van der Waals surface area (Å²) in [5, 5.41) is 3.13. The van der Waals surface area contributed by atoms with Crippen LogP contribution in [0.25, 0.3) is 0 Å². The van der Waals surface area contributed by atoms with E-state index in [1.807, 2.05) is 27.7 Å². The van der Waals surface area contributed by atoms with Gasteiger partial charge in [0.05, 0.1) is 11.5 Å². The number of nitrogens with one attached hydrogen (secondary N) is 1. The van der Waals surface area contributed by atoms with Crippen molar-refractivity contribution in [2.24, 2.45) is 11.1 Å². The summed E-state index contributed by atoms with van der Waals surface area (Å²) in [4.78, 5) is 12.5. The molecular weight excluding hydrogens is 248 g/mol. The maximum Gasteiger partial charge on any atom is 0.227 e. The molecule has 0 radical (unpaired) electrons. The Morgan fingerprint density at radius 1 is 1.20 bits per heavy atom. The van der Waals surface area contributed by atoms with E-state index in [0.29, 0.717) is 0 Å². The summed E-state index contributed by atoms with van der Waals surface area (Å²) >= 11 is 0. The van der Waals surface area contributed by atoms with Crippen molar-refractivity contribution in [1.82, 2.24) is 5.32 Å². The molecule has 0 aliphatic carbocycles. The molecule has 0 saturated carbocycles. The number of carbonyl (C=O) groups is 1. The fraction of sp³-hybridized carbons (Fsp3) is 0.588. The van der Waals surface area contributed by atoms with E-state index in [0.717, 1.165) is 12.0 Å². The topological polar surface area (TPSA) is 55.1 Å². The van der Waals surface area contributed by atoms with Crippen LogP contribution >= 0.6 is 0 Å². The second-order valence-electron chi connectivity index (χ2n) is 6.69. The minimum absolute atomic E-state index is 0.00238. The molecule has 1 atom stereocenters. The molecular formula is C17H28N2O. The summed E-state index contributed by atoms with van der Waals surface area (Å²) in [6.07, 6.45) is 0.857. The van der Waals surface area contributed by atoms with E-state index in [4.69, 9.17) is 5.73 Å². The Kier molecular flexibility index (Phi) is 4.98. The van der Waals surface area contributed by atoms with Gasteiger partial charge < -0.3 is 11.1 Å². The van der Waals surface area contributed by atoms with Crippen LogP contribution in [0.1, 0.15) is 58.2 Å². The van der Waals surface area contributed by atoms with E-state index in [2.05, 4.69) is 43.4 Å². The molecule has 0 heterocycles. The number of hydrogen-bond donors (Lipinski definition) is 2. The van der Waals surface area contributed by atoms with Gasteiger partial charge in [-0.25, -0.2) is 0 Å². The number of carbonyl (C=O) groups excluding carboxylic acids is 1. The summed E-state index contributed by atoms with van der Waals surface area (Å²) in [7, 11) is 0. The zero-order chi connectivity index (χ0) is 15.6. The van der Waals surface area contributed by atoms with Crippen molar-refractivity contribution in [3.05, 3.63) is 35.4 Å². The van der Waals surface area contributed by atoms with E-state index >= 15 is 0 Å². The summed E-state index contributed by atoms with van der Waals surface area (Å²) < 4.78 is 0. The van der Waals surface area contributed by atoms with Crippen molar-refractivity contribution in [1.29, 1.82) is 0 Å². The molecule has 20 heavy (non-hydrogen) atoms. The number of rotatable bonds is 5. The lowest BCUT2D eigenvalue weighted by molar-refractivity contribution is -0.133. The van der Waals surface area contributed by atoms with Crippen LogP contribution in [0.15, 0.2) is 24.3 Å². The first-order valence-corrected chi connectivity index (χ1v) is 7.26. The van der Waals surface area contributed by atoms with E-state index in [1.165, 1.54) is 5.56 Å². The van der Waals surface area contributed by atoms with Crippen molar-refractivity contribution in [2.75, 3.05) is 0 Å². The van der Waals surface area contributed by atoms with Gasteiger partial charge in [-0.1, -0.05) is 36.8 Å². The number of nitrogens with two attached hydrogens (primary N) is 1. The van der Waals surface area contributed by atoms with Crippen LogP contribution in [0.3, 0.4) is 0 Å². The molecule has 0 bridgehead atoms. The van der Waals surface area contributed by atoms with E-state index in [-0.39, 0.29) is 11.9 Å². The van der Waals surface area contributed by atoms with E-state index in [9.17, 15) is 4.79 Å². The third-order valence-electron chi connectivity index (χ3n) is 4.37. The van der Waals surface area contributed by atoms with Gasteiger partial charge in [-0.3, -0.25) is 4.79 Å². The van der Waals surface area contributed by atoms with Gasteiger partial charge in [0.2, 0.25) is 5.91 Å². The molecule has 1 aromatic rings. The highest BCUT2D eigenvalue weighted by Gasteiger charge is 2.40. The van der Waals surface area contributed by atoms with Crippen LogP contribution in [0.2, 0.25) is 0 Å². The Morgan fingerprint density at radius 3 is 2.10 bits per heavy atom. The van der Waals surface area contributed by atoms with Gasteiger partial charge in [-0.05, 0) is 46.6 Å². The Labute approximate surface area is 122 Å². The number of hydrogen-bond acceptors (Lipinski definition) is 2. The van der Waals surface area contributed by atoms with Crippen LogP contribution in [-0.2, 0) is 4.79 Å². The molecule has 0 spiro atoms. The fourth-order valence-electron chi connectivity index (χ4n) is 1.85. The van der Waals surface area contributed by atoms with Gasteiger partial charge in [0.15, 0.2) is 0 Å². The SMILES string of the molecule is CCC(NC(=O)C(C)(C)C(C)(C)N)c1ccc(C)cc1. The summed E-state index contributed by atoms with van der Waals surface area (Å²) in [6.45, 7) is 11.7. The number of aryl methyl sites for hydroxylation is 1. The molecule has 3 N–H and O–H groups in total. The Morgan fingerprint density at radius 2 is 1.70 bits per heavy atom. The molecule has 0 aliphatic rings. The quantitative estimate of drug-likeness (QED) is 0.866. The second kappa shape index (κ2) is 5.96. The minimum atomic E-state index is -0.620. The third-order valence-corrected chi connectivity index (χ3v) is 4.37. The van der Waals surface area contributed by atoms with Crippen molar-refractivity contribution in [3.8, 4) is 0 Å². The lowest BCUT2D eigenvalue weighted by atomic mass is 9.74. The standard InChI is InChI=1S/C17H28N2O/c1-7-14(13-10-8-12(2)9-11-13)19-15(20)16(3,4)17(5,6)18/h8-11,14H,7,18H2,1-6H3,(H,19,20). The first kappa shape index (κ1) is 16.7. The van der Waals surface area contributed by atoms with Crippen molar-refractivity contribution < 1.29 is 4.79 Å². The lowest BCUT2D eigenvalue weighted by Gasteiger charge is -2.38. The highest BCUT2D eigenvalue weighted by Crippen LogP contribution is 2.30. The van der Waals surface area contributed by atoms with Gasteiger partial charge in [0.25, 0.3) is 0 Å². The van der Waals surface area contributed by atoms with Crippen molar-refractivity contribution >= 4 is 5.91 Å². The first-order valence-electron chi connectivity index (χ1n) is 7.26. The van der Waals surface area contributed by atoms with Gasteiger partial charge in [-0.15, -0.1) is 0 Å². The molecule has 1 unspecified atom stereocenters. The predicted molar refractivity (Wildman–Crippen MR) is 84.4 cm³/mol. The zero-order valence-corrected chi connectivity index (χ0v) is 13.6. The van der Waals surface area contributed by atoms with E-state index in [1.54, 1.807) is 0 Å². The van der Waals surface area contributed by atoms with Gasteiger partial charge in [0, 0.05) is 5.54 Å². The average molecular weight is 276 g/mol. The molecule has 1 aromatic carbocycles. The summed E-state index contributed by atoms with van der Waals surface area (Å²) in [5.74, 6) is -0.00238. The smallest absolute Gasteiger partial charge is 0.227 e. The molecule has 1 rings (SSSR count). The molecule has 3 nitrogen and oxygen atoms in total. The molecule has 112 valence electrons. The monoisotopic (exact) mass is 276 g/mol. The van der Waals surface area contributed by atoms with Gasteiger partial charge >= 0.3 is 0 Å². The summed E-state index contributed by atoms with van der Waals surface area (Å²) in [5.41, 5.74) is 7.30. The Bertz CT molecular complexity index is 455. The molecule has 0 saturated heterocycles. The maximum atomic E-state index is 12.5. The van der Waals surface area contributed by atoms with Crippen molar-refractivity contribution in [2.45, 2.75) is 59.5 Å². The van der Waals surface area contributed by atoms with E-state index < -0.39 is 11.0 Å². The van der Waals surface area contributed by atoms with Crippen LogP contribution < -0.4 is 11.1 Å². The summed E-state index contributed by atoms with van der Waals surface area (Å²) in [6, 6.07) is 8.32.